The van der Waals surface area contributed by atoms with Crippen LogP contribution in [0, 0.1) is 5.92 Å². The number of carbonyl (C=O) groups excluding carboxylic acids is 1. The van der Waals surface area contributed by atoms with E-state index in [0.717, 1.165) is 12.1 Å². The van der Waals surface area contributed by atoms with Crippen LogP contribution in [0.1, 0.15) is 24.8 Å². The lowest BCUT2D eigenvalue weighted by Gasteiger charge is -2.40. The van der Waals surface area contributed by atoms with Crippen molar-refractivity contribution in [3.05, 3.63) is 36.0 Å². The maximum atomic E-state index is 14.4. The predicted octanol–water partition coefficient (Wildman–Crippen LogP) is 3.35. The lowest BCUT2D eigenvalue weighted by Crippen LogP contribution is -2.56. The molecule has 2 heterocycles. The maximum absolute atomic E-state index is 14.4. The number of aromatic nitrogens is 1. The quantitative estimate of drug-likeness (QED) is 0.732. The molecule has 10 heteroatoms. The number of halogens is 5. The molecule has 5 nitrogen and oxygen atoms in total. The largest absolute Gasteiger partial charge is 0.418 e. The number of fused-ring (bicyclic) bond motifs is 1. The summed E-state index contributed by atoms with van der Waals surface area (Å²) in [5.74, 6) is -4.01. The normalized spacial score (nSPS) is 22.7. The third-order valence-electron chi connectivity index (χ3n) is 5.48. The highest BCUT2D eigenvalue weighted by Crippen LogP contribution is 2.39. The number of aliphatic hydroxyl groups excluding tert-OH is 1. The van der Waals surface area contributed by atoms with Crippen molar-refractivity contribution in [3.63, 3.8) is 0 Å². The Balaban J connectivity index is 1.64. The highest BCUT2D eigenvalue weighted by molar-refractivity contribution is 5.94. The molecule has 1 aromatic carbocycles. The van der Waals surface area contributed by atoms with Gasteiger partial charge >= 0.3 is 6.18 Å². The number of aliphatic hydroxyl groups is 1. The molecule has 4 rings (SSSR count). The molecule has 162 valence electrons. The van der Waals surface area contributed by atoms with Gasteiger partial charge in [0.15, 0.2) is 0 Å². The van der Waals surface area contributed by atoms with Gasteiger partial charge in [0.2, 0.25) is 5.91 Å². The Morgan fingerprint density at radius 3 is 2.67 bits per heavy atom. The van der Waals surface area contributed by atoms with Crippen LogP contribution in [0.3, 0.4) is 0 Å². The van der Waals surface area contributed by atoms with Crippen LogP contribution in [-0.2, 0) is 11.0 Å². The van der Waals surface area contributed by atoms with E-state index in [2.05, 4.69) is 10.3 Å². The maximum Gasteiger partial charge on any atom is 0.418 e. The summed E-state index contributed by atoms with van der Waals surface area (Å²) in [6.45, 7) is -0.714. The summed E-state index contributed by atoms with van der Waals surface area (Å²) >= 11 is 0. The Bertz CT molecular complexity index is 961. The van der Waals surface area contributed by atoms with Gasteiger partial charge < -0.3 is 15.3 Å². The third kappa shape index (κ3) is 4.19. The predicted molar refractivity (Wildman–Crippen MR) is 99.2 cm³/mol. The number of rotatable bonds is 4. The van der Waals surface area contributed by atoms with E-state index >= 15 is 0 Å². The molecule has 1 amide bonds. The lowest BCUT2D eigenvalue weighted by molar-refractivity contribution is -0.136. The van der Waals surface area contributed by atoms with Crippen molar-refractivity contribution in [1.29, 1.82) is 0 Å². The zero-order valence-corrected chi connectivity index (χ0v) is 15.8. The first-order valence-electron chi connectivity index (χ1n) is 9.61. The molecular formula is C20H20F5N3O2. The van der Waals surface area contributed by atoms with Crippen LogP contribution < -0.4 is 10.2 Å². The number of amides is 1. The molecule has 2 aliphatic rings. The molecule has 2 fully saturated rings. The molecule has 1 saturated heterocycles. The molecule has 0 radical (unpaired) electrons. The van der Waals surface area contributed by atoms with E-state index in [1.54, 1.807) is 0 Å². The molecule has 1 aliphatic heterocycles. The van der Waals surface area contributed by atoms with Crippen LogP contribution in [0.25, 0.3) is 10.9 Å². The van der Waals surface area contributed by atoms with Crippen LogP contribution in [-0.4, -0.2) is 47.2 Å². The monoisotopic (exact) mass is 429 g/mol. The van der Waals surface area contributed by atoms with Gasteiger partial charge in [-0.1, -0.05) is 0 Å². The van der Waals surface area contributed by atoms with Gasteiger partial charge in [-0.25, -0.2) is 8.78 Å². The summed E-state index contributed by atoms with van der Waals surface area (Å²) < 4.78 is 68.8. The van der Waals surface area contributed by atoms with E-state index in [4.69, 9.17) is 0 Å². The van der Waals surface area contributed by atoms with Gasteiger partial charge in [-0.3, -0.25) is 9.78 Å². The number of pyridine rings is 1. The fourth-order valence-electron chi connectivity index (χ4n) is 3.95. The Morgan fingerprint density at radius 1 is 1.27 bits per heavy atom. The van der Waals surface area contributed by atoms with E-state index in [1.807, 2.05) is 0 Å². The smallest absolute Gasteiger partial charge is 0.383 e. The Morgan fingerprint density at radius 2 is 2.00 bits per heavy atom. The van der Waals surface area contributed by atoms with E-state index in [0.29, 0.717) is 12.8 Å². The number of benzene rings is 1. The summed E-state index contributed by atoms with van der Waals surface area (Å²) in [5.41, 5.74) is -1.07. The van der Waals surface area contributed by atoms with Gasteiger partial charge in [0.25, 0.3) is 5.92 Å². The first-order valence-corrected chi connectivity index (χ1v) is 9.61. The van der Waals surface area contributed by atoms with E-state index in [1.165, 1.54) is 23.2 Å². The number of nitrogens with one attached hydrogen (secondary N) is 1. The average molecular weight is 429 g/mol. The first-order chi connectivity index (χ1) is 14.0. The number of nitrogens with zero attached hydrogens (tertiary/aromatic N) is 2. The van der Waals surface area contributed by atoms with Crippen molar-refractivity contribution in [2.75, 3.05) is 18.0 Å². The molecule has 2 unspecified atom stereocenters. The topological polar surface area (TPSA) is 65.5 Å². The Kier molecular flexibility index (Phi) is 5.08. The summed E-state index contributed by atoms with van der Waals surface area (Å²) in [4.78, 5) is 17.2. The van der Waals surface area contributed by atoms with Crippen molar-refractivity contribution in [3.8, 4) is 0 Å². The van der Waals surface area contributed by atoms with Gasteiger partial charge in [-0.15, -0.1) is 0 Å². The molecule has 1 aliphatic carbocycles. The molecular weight excluding hydrogens is 409 g/mol. The van der Waals surface area contributed by atoms with Gasteiger partial charge in [0.1, 0.15) is 6.10 Å². The molecule has 30 heavy (non-hydrogen) atoms. The Hall–Kier alpha value is -2.49. The van der Waals surface area contributed by atoms with Crippen molar-refractivity contribution < 1.29 is 31.9 Å². The number of alkyl halides is 5. The van der Waals surface area contributed by atoms with Crippen LogP contribution in [0.15, 0.2) is 30.5 Å². The average Bonchev–Trinajstić information content (AvgIpc) is 3.49. The minimum absolute atomic E-state index is 0.0198. The minimum Gasteiger partial charge on any atom is -0.383 e. The molecule has 0 bridgehead atoms. The van der Waals surface area contributed by atoms with Crippen LogP contribution in [0.4, 0.5) is 27.6 Å². The number of piperidine rings is 1. The van der Waals surface area contributed by atoms with Crippen molar-refractivity contribution >= 4 is 22.5 Å². The zero-order valence-electron chi connectivity index (χ0n) is 15.8. The summed E-state index contributed by atoms with van der Waals surface area (Å²) in [7, 11) is 0. The molecule has 1 saturated carbocycles. The van der Waals surface area contributed by atoms with Crippen LogP contribution in [0.5, 0.6) is 0 Å². The van der Waals surface area contributed by atoms with Crippen molar-refractivity contribution in [2.24, 2.45) is 5.92 Å². The summed E-state index contributed by atoms with van der Waals surface area (Å²) in [5, 5.41) is 12.5. The van der Waals surface area contributed by atoms with Crippen molar-refractivity contribution in [1.82, 2.24) is 10.3 Å². The second-order valence-corrected chi connectivity index (χ2v) is 7.96. The number of hydrogen-bond acceptors (Lipinski definition) is 4. The van der Waals surface area contributed by atoms with E-state index < -0.39 is 48.7 Å². The highest BCUT2D eigenvalue weighted by Gasteiger charge is 2.43. The second-order valence-electron chi connectivity index (χ2n) is 7.96. The van der Waals surface area contributed by atoms with E-state index in [9.17, 15) is 31.9 Å². The van der Waals surface area contributed by atoms with E-state index in [-0.39, 0.29) is 29.1 Å². The van der Waals surface area contributed by atoms with Crippen molar-refractivity contribution in [2.45, 2.75) is 43.5 Å². The summed E-state index contributed by atoms with van der Waals surface area (Å²) in [6.07, 6.45) is -3.83. The number of anilines is 1. The minimum atomic E-state index is -4.63. The standard InChI is InChI=1S/C20H20F5N3O2/c21-19(22)8-12(27-18(30)17(29)11-3-4-11)9-28(10-19)15-6-5-14(20(23,24)25)16-13(15)2-1-7-26-16/h1-2,5-7,11-12,17,29H,3-4,8-10H2,(H,27,30). The molecule has 0 spiro atoms. The molecule has 2 N–H and O–H groups in total. The highest BCUT2D eigenvalue weighted by atomic mass is 19.4. The lowest BCUT2D eigenvalue weighted by atomic mass is 9.99. The molecule has 1 aromatic heterocycles. The summed E-state index contributed by atoms with van der Waals surface area (Å²) in [6, 6.07) is 3.89. The van der Waals surface area contributed by atoms with Gasteiger partial charge in [-0.2, -0.15) is 13.2 Å². The number of hydrogen-bond donors (Lipinski definition) is 2. The second kappa shape index (κ2) is 7.33. The first kappa shape index (κ1) is 20.8. The van der Waals surface area contributed by atoms with Gasteiger partial charge in [-0.05, 0) is 43.0 Å². The zero-order chi connectivity index (χ0) is 21.7. The van der Waals surface area contributed by atoms with Crippen LogP contribution in [0.2, 0.25) is 0 Å². The molecule has 2 atom stereocenters. The van der Waals surface area contributed by atoms with Gasteiger partial charge in [0, 0.05) is 30.2 Å². The molecule has 2 aromatic rings. The fraction of sp³-hybridized carbons (Fsp3) is 0.500. The van der Waals surface area contributed by atoms with Gasteiger partial charge in [0.05, 0.1) is 23.7 Å². The van der Waals surface area contributed by atoms with Crippen LogP contribution >= 0.6 is 0 Å². The third-order valence-corrected chi connectivity index (χ3v) is 5.48. The number of carbonyl (C=O) groups is 1. The Labute approximate surface area is 168 Å². The SMILES string of the molecule is O=C(NC1CN(c2ccc(C(F)(F)F)c3ncccc23)CC(F)(F)C1)C(O)C1CC1. The fourth-order valence-corrected chi connectivity index (χ4v) is 3.95.